The molecule has 31 heavy (non-hydrogen) atoms. The van der Waals surface area contributed by atoms with Crippen LogP contribution in [0, 0.1) is 0 Å². The Morgan fingerprint density at radius 3 is 2.42 bits per heavy atom. The fraction of sp³-hybridized carbons (Fsp3) is 0.0952. The van der Waals surface area contributed by atoms with Crippen LogP contribution < -0.4 is 14.8 Å². The number of rotatable bonds is 6. The van der Waals surface area contributed by atoms with Gasteiger partial charge in [0.2, 0.25) is 5.88 Å². The van der Waals surface area contributed by atoms with Gasteiger partial charge in [-0.15, -0.1) is 0 Å². The van der Waals surface area contributed by atoms with Crippen LogP contribution in [-0.2, 0) is 4.79 Å². The largest absolute Gasteiger partial charge is 0.508 e. The molecule has 0 saturated heterocycles. The van der Waals surface area contributed by atoms with Gasteiger partial charge in [0.05, 0.1) is 24.8 Å². The maximum atomic E-state index is 11.8. The Labute approximate surface area is 180 Å². The third-order valence-corrected chi connectivity index (χ3v) is 5.42. The molecular formula is C21H17N3O6S. The van der Waals surface area contributed by atoms with E-state index >= 15 is 0 Å². The zero-order valence-electron chi connectivity index (χ0n) is 16.4. The zero-order chi connectivity index (χ0) is 22.1. The number of phenolic OH excluding ortho intramolecular Hbond substituents is 1. The van der Waals surface area contributed by atoms with E-state index in [4.69, 9.17) is 9.47 Å². The first-order valence-electron chi connectivity index (χ1n) is 8.96. The van der Waals surface area contributed by atoms with E-state index in [1.165, 1.54) is 32.4 Å². The molecule has 2 aromatic carbocycles. The minimum Gasteiger partial charge on any atom is -0.508 e. The first-order valence-corrected chi connectivity index (χ1v) is 9.77. The lowest BCUT2D eigenvalue weighted by Crippen LogP contribution is -2.11. The van der Waals surface area contributed by atoms with Crippen molar-refractivity contribution in [2.75, 3.05) is 19.5 Å². The number of aliphatic imine (C=N–C) groups is 1. The van der Waals surface area contributed by atoms with Gasteiger partial charge in [0.25, 0.3) is 0 Å². The quantitative estimate of drug-likeness (QED) is 0.423. The first kappa shape index (κ1) is 20.2. The summed E-state index contributed by atoms with van der Waals surface area (Å²) in [7, 11) is 2.97. The van der Waals surface area contributed by atoms with E-state index in [0.29, 0.717) is 44.0 Å². The predicted octanol–water partition coefficient (Wildman–Crippen LogP) is 4.03. The van der Waals surface area contributed by atoms with Gasteiger partial charge in [0.1, 0.15) is 5.75 Å². The molecule has 0 amide bonds. The van der Waals surface area contributed by atoms with Crippen molar-refractivity contribution in [1.82, 2.24) is 4.98 Å². The van der Waals surface area contributed by atoms with Gasteiger partial charge in [-0.25, -0.2) is 9.79 Å². The molecule has 1 aromatic heterocycles. The highest BCUT2D eigenvalue weighted by Gasteiger charge is 2.29. The number of aromatic hydroxyl groups is 2. The molecule has 2 heterocycles. The Balaban J connectivity index is 1.74. The lowest BCUT2D eigenvalue weighted by molar-refractivity contribution is -0.129. The van der Waals surface area contributed by atoms with E-state index in [1.807, 2.05) is 0 Å². The van der Waals surface area contributed by atoms with Gasteiger partial charge in [-0.3, -0.25) is 0 Å². The van der Waals surface area contributed by atoms with E-state index in [0.717, 1.165) is 11.3 Å². The number of methoxy groups -OCH3 is 2. The van der Waals surface area contributed by atoms with Gasteiger partial charge in [0, 0.05) is 22.9 Å². The van der Waals surface area contributed by atoms with Crippen molar-refractivity contribution in [2.24, 2.45) is 4.99 Å². The Bertz CT molecular complexity index is 1230. The summed E-state index contributed by atoms with van der Waals surface area (Å²) in [5.74, 6) is -0.469. The van der Waals surface area contributed by atoms with Gasteiger partial charge < -0.3 is 30.1 Å². The van der Waals surface area contributed by atoms with Crippen molar-refractivity contribution >= 4 is 51.2 Å². The molecule has 3 aromatic rings. The van der Waals surface area contributed by atoms with Gasteiger partial charge >= 0.3 is 5.97 Å². The first-order chi connectivity index (χ1) is 14.9. The van der Waals surface area contributed by atoms with Crippen LogP contribution >= 0.6 is 11.3 Å². The molecule has 10 heteroatoms. The zero-order valence-corrected chi connectivity index (χ0v) is 17.2. The van der Waals surface area contributed by atoms with E-state index in [1.54, 1.807) is 24.3 Å². The highest BCUT2D eigenvalue weighted by Crippen LogP contribution is 2.44. The summed E-state index contributed by atoms with van der Waals surface area (Å²) in [6.45, 7) is 0. The SMILES string of the molecule is COc1cc2c(cc1OC)/C(=C\c1sc(Nc3ccc(O)cc3)nc1O)C(C(=O)O)=N2. The molecule has 1 aliphatic rings. The molecule has 0 radical (unpaired) electrons. The number of thiazole rings is 1. The third-order valence-electron chi connectivity index (χ3n) is 4.51. The smallest absolute Gasteiger partial charge is 0.355 e. The number of carbonyl (C=O) groups is 1. The summed E-state index contributed by atoms with van der Waals surface area (Å²) < 4.78 is 10.6. The number of benzene rings is 2. The summed E-state index contributed by atoms with van der Waals surface area (Å²) >= 11 is 1.14. The molecule has 0 atom stereocenters. The van der Waals surface area contributed by atoms with E-state index in [9.17, 15) is 20.1 Å². The molecule has 0 spiro atoms. The Kier molecular flexibility index (Phi) is 5.22. The number of aromatic nitrogens is 1. The topological polar surface area (TPSA) is 134 Å². The van der Waals surface area contributed by atoms with Gasteiger partial charge in [0.15, 0.2) is 22.3 Å². The number of carboxylic acids is 1. The highest BCUT2D eigenvalue weighted by molar-refractivity contribution is 7.16. The van der Waals surface area contributed by atoms with Crippen LogP contribution in [0.25, 0.3) is 11.6 Å². The number of fused-ring (bicyclic) bond motifs is 1. The standard InChI is InChI=1S/C21H17N3O6S/c1-29-15-7-12-13(18(20(27)28)23-14(12)9-16(15)30-2)8-17-19(26)24-21(31-17)22-10-3-5-11(25)6-4-10/h3-9,25-26H,1-2H3,(H,22,24)(H,27,28)/b13-8+. The average Bonchev–Trinajstić information content (AvgIpc) is 3.28. The summed E-state index contributed by atoms with van der Waals surface area (Å²) in [5, 5.41) is 32.8. The molecular weight excluding hydrogens is 422 g/mol. The molecule has 0 saturated carbocycles. The van der Waals surface area contributed by atoms with Crippen LogP contribution in [0.5, 0.6) is 23.1 Å². The number of hydrogen-bond donors (Lipinski definition) is 4. The van der Waals surface area contributed by atoms with Gasteiger partial charge in [-0.1, -0.05) is 11.3 Å². The Morgan fingerprint density at radius 1 is 1.10 bits per heavy atom. The second-order valence-corrected chi connectivity index (χ2v) is 7.46. The fourth-order valence-electron chi connectivity index (χ4n) is 3.06. The number of nitrogens with one attached hydrogen (secondary N) is 1. The molecule has 1 aliphatic heterocycles. The molecule has 0 unspecified atom stereocenters. The van der Waals surface area contributed by atoms with Crippen molar-refractivity contribution in [2.45, 2.75) is 0 Å². The van der Waals surface area contributed by atoms with Crippen LogP contribution in [0.2, 0.25) is 0 Å². The maximum Gasteiger partial charge on any atom is 0.355 e. The number of carboxylic acid groups (broad SMARTS) is 1. The second kappa shape index (κ2) is 8.00. The summed E-state index contributed by atoms with van der Waals surface area (Å²) in [4.78, 5) is 20.4. The van der Waals surface area contributed by atoms with Crippen LogP contribution in [0.15, 0.2) is 41.4 Å². The molecule has 4 rings (SSSR count). The molecule has 0 aliphatic carbocycles. The average molecular weight is 439 g/mol. The van der Waals surface area contributed by atoms with E-state index < -0.39 is 5.97 Å². The number of ether oxygens (including phenoxy) is 2. The Hall–Kier alpha value is -4.05. The fourth-order valence-corrected chi connectivity index (χ4v) is 3.89. The van der Waals surface area contributed by atoms with E-state index in [2.05, 4.69) is 15.3 Å². The van der Waals surface area contributed by atoms with Crippen molar-refractivity contribution in [3.05, 3.63) is 46.8 Å². The number of phenols is 1. The monoisotopic (exact) mass is 439 g/mol. The maximum absolute atomic E-state index is 11.8. The number of hydrogen-bond acceptors (Lipinski definition) is 9. The normalized spacial score (nSPS) is 13.6. The summed E-state index contributed by atoms with van der Waals surface area (Å²) in [5.41, 5.74) is 1.79. The summed E-state index contributed by atoms with van der Waals surface area (Å²) in [6, 6.07) is 9.61. The lowest BCUT2D eigenvalue weighted by atomic mass is 10.0. The van der Waals surface area contributed by atoms with Crippen molar-refractivity contribution in [3.63, 3.8) is 0 Å². The minimum absolute atomic E-state index is 0.130. The molecule has 0 fully saturated rings. The molecule has 158 valence electrons. The molecule has 9 nitrogen and oxygen atoms in total. The number of aliphatic carboxylic acids is 1. The highest BCUT2D eigenvalue weighted by atomic mass is 32.1. The van der Waals surface area contributed by atoms with Crippen LogP contribution in [0.1, 0.15) is 10.4 Å². The van der Waals surface area contributed by atoms with E-state index in [-0.39, 0.29) is 17.3 Å². The van der Waals surface area contributed by atoms with Gasteiger partial charge in [-0.2, -0.15) is 4.98 Å². The summed E-state index contributed by atoms with van der Waals surface area (Å²) in [6.07, 6.45) is 1.53. The van der Waals surface area contributed by atoms with Crippen molar-refractivity contribution < 1.29 is 29.6 Å². The van der Waals surface area contributed by atoms with Crippen molar-refractivity contribution in [3.8, 4) is 23.1 Å². The third kappa shape index (κ3) is 3.88. The number of nitrogens with zero attached hydrogens (tertiary/aromatic N) is 2. The molecule has 0 bridgehead atoms. The van der Waals surface area contributed by atoms with Gasteiger partial charge in [-0.05, 0) is 36.4 Å². The minimum atomic E-state index is -1.20. The van der Waals surface area contributed by atoms with Crippen LogP contribution in [-0.4, -0.2) is 46.2 Å². The molecule has 4 N–H and O–H groups in total. The number of anilines is 2. The predicted molar refractivity (Wildman–Crippen MR) is 117 cm³/mol. The van der Waals surface area contributed by atoms with Crippen molar-refractivity contribution in [1.29, 1.82) is 0 Å². The Morgan fingerprint density at radius 2 is 1.77 bits per heavy atom. The lowest BCUT2D eigenvalue weighted by Gasteiger charge is -2.10. The van der Waals surface area contributed by atoms with Crippen LogP contribution in [0.4, 0.5) is 16.5 Å². The van der Waals surface area contributed by atoms with Crippen LogP contribution in [0.3, 0.4) is 0 Å². The second-order valence-electron chi connectivity index (χ2n) is 6.43.